The fraction of sp³-hybridized carbons (Fsp3) is 1.00. The predicted molar refractivity (Wildman–Crippen MR) is 45.5 cm³/mol. The fourth-order valence-electron chi connectivity index (χ4n) is 0.450. The molecule has 0 N–H and O–H groups in total. The summed E-state index contributed by atoms with van der Waals surface area (Å²) < 4.78 is 39.8. The van der Waals surface area contributed by atoms with E-state index in [1.165, 1.54) is 28.1 Å². The predicted octanol–water partition coefficient (Wildman–Crippen LogP) is 2.36. The topological polar surface area (TPSA) is 71.1 Å². The summed E-state index contributed by atoms with van der Waals surface area (Å²) >= 11 is 0. The Labute approximate surface area is 78.4 Å². The van der Waals surface area contributed by atoms with E-state index in [0.29, 0.717) is 0 Å². The normalized spacial score (nSPS) is 14.2. The van der Waals surface area contributed by atoms with Gasteiger partial charge in [0.1, 0.15) is 0 Å². The van der Waals surface area contributed by atoms with E-state index in [1.54, 1.807) is 0 Å². The molecule has 0 aromatic heterocycles. The molecule has 8 heteroatoms. The summed E-state index contributed by atoms with van der Waals surface area (Å²) in [5.74, 6) is -1.27. The van der Waals surface area contributed by atoms with E-state index < -0.39 is 22.3 Å². The molecule has 0 spiro atoms. The molecule has 0 aliphatic rings. The molecule has 2 unspecified atom stereocenters. The van der Waals surface area contributed by atoms with Gasteiger partial charge in [0.2, 0.25) is 0 Å². The molecule has 0 saturated heterocycles. The van der Waals surface area contributed by atoms with Crippen LogP contribution in [0.25, 0.3) is 0 Å². The Bertz CT molecular complexity index is 183. The lowest BCUT2D eigenvalue weighted by molar-refractivity contribution is -0.0850. The van der Waals surface area contributed by atoms with Crippen molar-refractivity contribution in [2.24, 2.45) is 0 Å². The molecule has 0 aromatic carbocycles. The quantitative estimate of drug-likeness (QED) is 0.515. The van der Waals surface area contributed by atoms with Crippen LogP contribution in [-0.2, 0) is 27.2 Å². The number of rotatable bonds is 6. The van der Waals surface area contributed by atoms with E-state index in [2.05, 4.69) is 9.05 Å². The summed E-state index contributed by atoms with van der Waals surface area (Å²) in [7, 11) is -2.07. The molecule has 2 atom stereocenters. The molecule has 0 fully saturated rings. The van der Waals surface area contributed by atoms with Crippen molar-refractivity contribution in [3.8, 4) is 0 Å². The summed E-state index contributed by atoms with van der Waals surface area (Å²) in [5.41, 5.74) is 0. The maximum Gasteiger partial charge on any atom is 0.371 e. The molecule has 0 amide bonds. The summed E-state index contributed by atoms with van der Waals surface area (Å²) in [5, 5.41) is 0. The minimum absolute atomic E-state index is 1.23. The van der Waals surface area contributed by atoms with Crippen LogP contribution in [0.5, 0.6) is 0 Å². The van der Waals surface area contributed by atoms with Crippen LogP contribution in [0.4, 0.5) is 0 Å². The van der Waals surface area contributed by atoms with Crippen LogP contribution >= 0.6 is 16.5 Å². The highest BCUT2D eigenvalue weighted by atomic mass is 31.1. The van der Waals surface area contributed by atoms with Crippen molar-refractivity contribution < 1.29 is 27.2 Å². The maximum absolute atomic E-state index is 10.8. The highest BCUT2D eigenvalue weighted by molar-refractivity contribution is 7.34. The Morgan fingerprint density at radius 3 is 1.46 bits per heavy atom. The van der Waals surface area contributed by atoms with Gasteiger partial charge in [-0.3, -0.25) is 9.05 Å². The molecule has 78 valence electrons. The van der Waals surface area contributed by atoms with Crippen molar-refractivity contribution in [2.75, 3.05) is 14.2 Å². The smallest absolute Gasteiger partial charge is 0.286 e. The first-order valence-electron chi connectivity index (χ1n) is 3.32. The first-order chi connectivity index (χ1) is 5.91. The second kappa shape index (κ2) is 5.70. The molecule has 0 saturated carbocycles. The molecular weight excluding hydrogens is 218 g/mol. The zero-order valence-corrected chi connectivity index (χ0v) is 9.63. The lowest BCUT2D eigenvalue weighted by Crippen LogP contribution is -2.22. The molecule has 0 bridgehead atoms. The molecule has 0 aliphatic heterocycles. The third-order valence-corrected chi connectivity index (χ3v) is 2.66. The van der Waals surface area contributed by atoms with Crippen LogP contribution in [0, 0.1) is 0 Å². The average molecular weight is 230 g/mol. The lowest BCUT2D eigenvalue weighted by Gasteiger charge is -2.20. The summed E-state index contributed by atoms with van der Waals surface area (Å²) in [4.78, 5) is 0. The van der Waals surface area contributed by atoms with Gasteiger partial charge in [0, 0.05) is 0 Å². The van der Waals surface area contributed by atoms with E-state index in [9.17, 15) is 9.13 Å². The molecule has 6 nitrogen and oxygen atoms in total. The highest BCUT2D eigenvalue weighted by Gasteiger charge is 2.27. The van der Waals surface area contributed by atoms with Crippen molar-refractivity contribution in [1.82, 2.24) is 0 Å². The van der Waals surface area contributed by atoms with Gasteiger partial charge in [-0.05, 0) is 13.8 Å². The number of hydrogen-bond acceptors (Lipinski definition) is 6. The van der Waals surface area contributed by atoms with Crippen LogP contribution < -0.4 is 0 Å². The van der Waals surface area contributed by atoms with E-state index in [0.717, 1.165) is 0 Å². The van der Waals surface area contributed by atoms with Crippen molar-refractivity contribution in [3.63, 3.8) is 0 Å². The zero-order chi connectivity index (χ0) is 10.5. The third-order valence-electron chi connectivity index (χ3n) is 0.887. The van der Waals surface area contributed by atoms with Gasteiger partial charge < -0.3 is 0 Å². The Morgan fingerprint density at radius 1 is 0.923 bits per heavy atom. The van der Waals surface area contributed by atoms with Crippen molar-refractivity contribution in [2.45, 2.75) is 19.6 Å². The van der Waals surface area contributed by atoms with Crippen LogP contribution in [0.2, 0.25) is 0 Å². The van der Waals surface area contributed by atoms with Crippen LogP contribution in [0.1, 0.15) is 13.8 Å². The monoisotopic (exact) mass is 230 g/mol. The van der Waals surface area contributed by atoms with Gasteiger partial charge in [-0.15, -0.1) is 0 Å². The Hall–Kier alpha value is 0.0400. The van der Waals surface area contributed by atoms with Crippen LogP contribution in [0.15, 0.2) is 0 Å². The van der Waals surface area contributed by atoms with Crippen molar-refractivity contribution >= 4 is 16.5 Å². The van der Waals surface area contributed by atoms with Gasteiger partial charge in [-0.2, -0.15) is 0 Å². The van der Waals surface area contributed by atoms with Gasteiger partial charge in [-0.25, -0.2) is 18.2 Å². The van der Waals surface area contributed by atoms with Gasteiger partial charge in [0.05, 0.1) is 14.2 Å². The zero-order valence-electron chi connectivity index (χ0n) is 7.84. The first-order valence-corrected chi connectivity index (χ1v) is 5.51. The van der Waals surface area contributed by atoms with Crippen molar-refractivity contribution in [1.29, 1.82) is 0 Å². The van der Waals surface area contributed by atoms with E-state index in [1.807, 2.05) is 0 Å². The van der Waals surface area contributed by atoms with Gasteiger partial charge in [-0.1, -0.05) is 0 Å². The molecule has 0 rings (SSSR count). The summed E-state index contributed by atoms with van der Waals surface area (Å²) in [6.07, 6.45) is 0. The van der Waals surface area contributed by atoms with E-state index >= 15 is 0 Å². The maximum atomic E-state index is 10.8. The van der Waals surface area contributed by atoms with E-state index in [-0.39, 0.29) is 0 Å². The largest absolute Gasteiger partial charge is 0.371 e. The second-order valence-electron chi connectivity index (χ2n) is 2.39. The van der Waals surface area contributed by atoms with Gasteiger partial charge in [0.25, 0.3) is 0 Å². The lowest BCUT2D eigenvalue weighted by atomic mass is 10.4. The third kappa shape index (κ3) is 6.16. The summed E-state index contributed by atoms with van der Waals surface area (Å²) in [6, 6.07) is 0. The van der Waals surface area contributed by atoms with Crippen LogP contribution in [0.3, 0.4) is 0 Å². The molecule has 13 heavy (non-hydrogen) atoms. The number of hydrogen-bond donors (Lipinski definition) is 0. The minimum Gasteiger partial charge on any atom is -0.286 e. The van der Waals surface area contributed by atoms with Crippen LogP contribution in [-0.4, -0.2) is 20.0 Å². The molecule has 0 aliphatic carbocycles. The molecular formula is C5H12O6P2. The minimum atomic E-state index is -2.26. The molecule has 2 radical (unpaired) electrons. The Kier molecular flexibility index (Phi) is 5.72. The summed E-state index contributed by atoms with van der Waals surface area (Å²) in [6.45, 7) is 2.90. The standard InChI is InChI=1S/C5H12O6P2/c1-5(2,10-12(6)8-3)11-13(7)9-4/h1-4H3. The molecule has 0 heterocycles. The van der Waals surface area contributed by atoms with Gasteiger partial charge >= 0.3 is 16.5 Å². The second-order valence-corrected chi connectivity index (χ2v) is 4.38. The van der Waals surface area contributed by atoms with E-state index in [4.69, 9.17) is 9.05 Å². The molecule has 0 aromatic rings. The Morgan fingerprint density at radius 2 is 1.23 bits per heavy atom. The van der Waals surface area contributed by atoms with Gasteiger partial charge in [0.15, 0.2) is 5.79 Å². The highest BCUT2D eigenvalue weighted by Crippen LogP contribution is 2.37. The fourth-order valence-corrected chi connectivity index (χ4v) is 1.45. The average Bonchev–Trinajstić information content (AvgIpc) is 2.02. The van der Waals surface area contributed by atoms with Crippen molar-refractivity contribution in [3.05, 3.63) is 0 Å². The first kappa shape index (κ1) is 13.0. The Balaban J connectivity index is 4.07. The SMILES string of the molecule is CO[P](=O)OC(C)(C)O[P](=O)OC.